The quantitative estimate of drug-likeness (QED) is 0.854. The predicted octanol–water partition coefficient (Wildman–Crippen LogP) is 2.96. The van der Waals surface area contributed by atoms with Gasteiger partial charge in [0.05, 0.1) is 12.1 Å². The minimum Gasteiger partial charge on any atom is -0.494 e. The van der Waals surface area contributed by atoms with Crippen molar-refractivity contribution in [3.8, 4) is 5.75 Å². The van der Waals surface area contributed by atoms with Crippen LogP contribution in [0.1, 0.15) is 6.92 Å². The van der Waals surface area contributed by atoms with Gasteiger partial charge in [-0.25, -0.2) is 0 Å². The second kappa shape index (κ2) is 4.53. The molecule has 0 heterocycles. The van der Waals surface area contributed by atoms with Gasteiger partial charge in [0.1, 0.15) is 11.4 Å². The SMILES string of the molecule is COc1cc(Cl)cc(Cl)c1NC(C)=O. The van der Waals surface area contributed by atoms with Gasteiger partial charge in [0, 0.05) is 18.0 Å². The van der Waals surface area contributed by atoms with E-state index < -0.39 is 0 Å². The lowest BCUT2D eigenvalue weighted by atomic mass is 10.3. The molecule has 1 aromatic carbocycles. The predicted molar refractivity (Wildman–Crippen MR) is 57.3 cm³/mol. The van der Waals surface area contributed by atoms with Crippen LogP contribution < -0.4 is 10.1 Å². The standard InChI is InChI=1S/C9H9Cl2NO2/c1-5(13)12-9-7(11)3-6(10)4-8(9)14-2/h3-4H,1-2H3,(H,12,13). The maximum Gasteiger partial charge on any atom is 0.221 e. The largest absolute Gasteiger partial charge is 0.494 e. The minimum atomic E-state index is -0.215. The number of benzene rings is 1. The van der Waals surface area contributed by atoms with Crippen molar-refractivity contribution >= 4 is 34.8 Å². The number of hydrogen-bond acceptors (Lipinski definition) is 2. The van der Waals surface area contributed by atoms with Crippen LogP contribution in [0.15, 0.2) is 12.1 Å². The number of methoxy groups -OCH3 is 1. The van der Waals surface area contributed by atoms with E-state index in [4.69, 9.17) is 27.9 Å². The maximum absolute atomic E-state index is 10.9. The zero-order valence-electron chi connectivity index (χ0n) is 7.73. The zero-order valence-corrected chi connectivity index (χ0v) is 9.24. The molecule has 5 heteroatoms. The fraction of sp³-hybridized carbons (Fsp3) is 0.222. The maximum atomic E-state index is 10.9. The summed E-state index contributed by atoms with van der Waals surface area (Å²) in [5.41, 5.74) is 0.436. The minimum absolute atomic E-state index is 0.215. The van der Waals surface area contributed by atoms with E-state index in [9.17, 15) is 4.79 Å². The summed E-state index contributed by atoms with van der Waals surface area (Å²) in [7, 11) is 1.48. The lowest BCUT2D eigenvalue weighted by Crippen LogP contribution is -2.07. The van der Waals surface area contributed by atoms with Gasteiger partial charge in [-0.15, -0.1) is 0 Å². The first-order valence-corrected chi connectivity index (χ1v) is 4.61. The molecule has 0 aliphatic heterocycles. The van der Waals surface area contributed by atoms with E-state index in [1.165, 1.54) is 20.1 Å². The molecule has 0 saturated carbocycles. The molecule has 1 rings (SSSR count). The molecule has 0 fully saturated rings. The van der Waals surface area contributed by atoms with Crippen LogP contribution in [0, 0.1) is 0 Å². The summed E-state index contributed by atoms with van der Waals surface area (Å²) in [5.74, 6) is 0.227. The van der Waals surface area contributed by atoms with Crippen LogP contribution in [0.25, 0.3) is 0 Å². The Morgan fingerprint density at radius 1 is 1.43 bits per heavy atom. The summed E-state index contributed by atoms with van der Waals surface area (Å²) in [6.45, 7) is 1.39. The van der Waals surface area contributed by atoms with Gasteiger partial charge in [-0.2, -0.15) is 0 Å². The van der Waals surface area contributed by atoms with Crippen molar-refractivity contribution in [3.63, 3.8) is 0 Å². The lowest BCUT2D eigenvalue weighted by Gasteiger charge is -2.10. The van der Waals surface area contributed by atoms with Crippen molar-refractivity contribution in [1.29, 1.82) is 0 Å². The molecule has 1 aromatic rings. The molecule has 1 N–H and O–H groups in total. The van der Waals surface area contributed by atoms with Gasteiger partial charge in [0.15, 0.2) is 0 Å². The topological polar surface area (TPSA) is 38.3 Å². The number of amides is 1. The Kier molecular flexibility index (Phi) is 3.61. The van der Waals surface area contributed by atoms with Crippen LogP contribution in [-0.2, 0) is 4.79 Å². The first-order chi connectivity index (χ1) is 6.54. The van der Waals surface area contributed by atoms with E-state index in [1.807, 2.05) is 0 Å². The monoisotopic (exact) mass is 233 g/mol. The van der Waals surface area contributed by atoms with Gasteiger partial charge in [-0.05, 0) is 6.07 Å². The first-order valence-electron chi connectivity index (χ1n) is 3.85. The van der Waals surface area contributed by atoms with Crippen molar-refractivity contribution in [2.24, 2.45) is 0 Å². The van der Waals surface area contributed by atoms with Crippen molar-refractivity contribution in [3.05, 3.63) is 22.2 Å². The molecule has 0 saturated heterocycles. The summed E-state index contributed by atoms with van der Waals surface area (Å²) in [6, 6.07) is 3.12. The first kappa shape index (κ1) is 11.1. The third-order valence-electron chi connectivity index (χ3n) is 1.54. The van der Waals surface area contributed by atoms with Crippen LogP contribution in [0.2, 0.25) is 10.0 Å². The van der Waals surface area contributed by atoms with Crippen LogP contribution >= 0.6 is 23.2 Å². The fourth-order valence-electron chi connectivity index (χ4n) is 1.01. The van der Waals surface area contributed by atoms with E-state index >= 15 is 0 Å². The molecule has 3 nitrogen and oxygen atoms in total. The number of ether oxygens (including phenoxy) is 1. The van der Waals surface area contributed by atoms with E-state index in [2.05, 4.69) is 5.32 Å². The highest BCUT2D eigenvalue weighted by Gasteiger charge is 2.10. The Bertz CT molecular complexity index is 366. The summed E-state index contributed by atoms with van der Waals surface area (Å²) in [6.07, 6.45) is 0. The molecular formula is C9H9Cl2NO2. The van der Waals surface area contributed by atoms with Gasteiger partial charge < -0.3 is 10.1 Å². The smallest absolute Gasteiger partial charge is 0.221 e. The molecular weight excluding hydrogens is 225 g/mol. The third kappa shape index (κ3) is 2.53. The second-order valence-corrected chi connectivity index (χ2v) is 3.49. The number of hydrogen-bond donors (Lipinski definition) is 1. The molecule has 0 aromatic heterocycles. The summed E-state index contributed by atoms with van der Waals surface area (Å²) in [4.78, 5) is 10.9. The van der Waals surface area contributed by atoms with Crippen molar-refractivity contribution < 1.29 is 9.53 Å². The van der Waals surface area contributed by atoms with Gasteiger partial charge in [0.2, 0.25) is 5.91 Å². The Hall–Kier alpha value is -0.930. The van der Waals surface area contributed by atoms with Gasteiger partial charge in [0.25, 0.3) is 0 Å². The number of nitrogens with one attached hydrogen (secondary N) is 1. The van der Waals surface area contributed by atoms with Crippen LogP contribution in [-0.4, -0.2) is 13.0 Å². The normalized spacial score (nSPS) is 9.71. The molecule has 1 amide bonds. The Morgan fingerprint density at radius 2 is 2.07 bits per heavy atom. The molecule has 0 spiro atoms. The summed E-state index contributed by atoms with van der Waals surface area (Å²) < 4.78 is 5.02. The highest BCUT2D eigenvalue weighted by Crippen LogP contribution is 2.35. The van der Waals surface area contributed by atoms with E-state index in [0.717, 1.165) is 0 Å². The zero-order chi connectivity index (χ0) is 10.7. The average molecular weight is 234 g/mol. The molecule has 0 radical (unpaired) electrons. The molecule has 0 bridgehead atoms. The Balaban J connectivity index is 3.18. The van der Waals surface area contributed by atoms with Gasteiger partial charge in [-0.3, -0.25) is 4.79 Å². The van der Waals surface area contributed by atoms with E-state index in [1.54, 1.807) is 6.07 Å². The van der Waals surface area contributed by atoms with Crippen molar-refractivity contribution in [1.82, 2.24) is 0 Å². The lowest BCUT2D eigenvalue weighted by molar-refractivity contribution is -0.114. The number of carbonyl (C=O) groups is 1. The molecule has 14 heavy (non-hydrogen) atoms. The molecule has 0 unspecified atom stereocenters. The third-order valence-corrected chi connectivity index (χ3v) is 2.06. The van der Waals surface area contributed by atoms with Crippen molar-refractivity contribution in [2.45, 2.75) is 6.92 Å². The second-order valence-electron chi connectivity index (χ2n) is 2.65. The summed E-state index contributed by atoms with van der Waals surface area (Å²) in [5, 5.41) is 3.38. The molecule has 0 aliphatic carbocycles. The van der Waals surface area contributed by atoms with E-state index in [0.29, 0.717) is 21.5 Å². The summed E-state index contributed by atoms with van der Waals surface area (Å²) >= 11 is 11.6. The fourth-order valence-corrected chi connectivity index (χ4v) is 1.53. The number of anilines is 1. The van der Waals surface area contributed by atoms with Gasteiger partial charge >= 0.3 is 0 Å². The molecule has 0 atom stereocenters. The van der Waals surface area contributed by atoms with Crippen molar-refractivity contribution in [2.75, 3.05) is 12.4 Å². The van der Waals surface area contributed by atoms with E-state index in [-0.39, 0.29) is 5.91 Å². The average Bonchev–Trinajstić information content (AvgIpc) is 2.08. The Morgan fingerprint density at radius 3 is 2.57 bits per heavy atom. The number of carbonyl (C=O) groups excluding carboxylic acids is 1. The van der Waals surface area contributed by atoms with Crippen LogP contribution in [0.4, 0.5) is 5.69 Å². The molecule has 0 aliphatic rings. The Labute approximate surface area is 92.0 Å². The number of halogens is 2. The highest BCUT2D eigenvalue weighted by molar-refractivity contribution is 6.37. The van der Waals surface area contributed by atoms with Crippen LogP contribution in [0.3, 0.4) is 0 Å². The molecule has 76 valence electrons. The number of rotatable bonds is 2. The highest BCUT2D eigenvalue weighted by atomic mass is 35.5. The van der Waals surface area contributed by atoms with Gasteiger partial charge in [-0.1, -0.05) is 23.2 Å². The van der Waals surface area contributed by atoms with Crippen LogP contribution in [0.5, 0.6) is 5.75 Å².